The van der Waals surface area contributed by atoms with Crippen molar-refractivity contribution in [3.63, 3.8) is 0 Å². The van der Waals surface area contributed by atoms with Gasteiger partial charge in [0.25, 0.3) is 5.56 Å². The summed E-state index contributed by atoms with van der Waals surface area (Å²) < 4.78 is 28.0. The average molecular weight is 413 g/mol. The highest BCUT2D eigenvalue weighted by atomic mass is 32.2. The Morgan fingerprint density at radius 1 is 1.17 bits per heavy atom. The van der Waals surface area contributed by atoms with Crippen LogP contribution in [0.25, 0.3) is 0 Å². The van der Waals surface area contributed by atoms with Crippen LogP contribution in [0.2, 0.25) is 0 Å². The third kappa shape index (κ3) is 3.93. The van der Waals surface area contributed by atoms with E-state index in [4.69, 9.17) is 0 Å². The smallest absolute Gasteiger partial charge is 0.257 e. The second-order valence-corrected chi connectivity index (χ2v) is 7.82. The molecule has 3 aromatic rings. The standard InChI is InChI=1S/C21H17F2N3O2S/c1-11-4-2-5-12(8-11)10-29-21-25-19-17(20(28)26-21)14(9-16(27)24-19)13-6-3-7-15(22)18(13)23/h2-8,14H,9-10H2,1H3,(H2,24,25,26,27,28)/t14-/m0/s1. The minimum Gasteiger partial charge on any atom is -0.310 e. The number of amides is 1. The first-order valence-electron chi connectivity index (χ1n) is 8.98. The largest absolute Gasteiger partial charge is 0.310 e. The molecule has 1 atom stereocenters. The molecule has 8 heteroatoms. The van der Waals surface area contributed by atoms with Crippen LogP contribution in [0.15, 0.2) is 52.4 Å². The molecular weight excluding hydrogens is 396 g/mol. The van der Waals surface area contributed by atoms with E-state index in [1.165, 1.54) is 23.9 Å². The molecule has 0 saturated heterocycles. The van der Waals surface area contributed by atoms with Crippen LogP contribution in [-0.2, 0) is 10.5 Å². The van der Waals surface area contributed by atoms with Crippen LogP contribution in [0.3, 0.4) is 0 Å². The van der Waals surface area contributed by atoms with E-state index in [-0.39, 0.29) is 23.4 Å². The van der Waals surface area contributed by atoms with Crippen LogP contribution in [0.5, 0.6) is 0 Å². The van der Waals surface area contributed by atoms with Gasteiger partial charge in [0.1, 0.15) is 5.82 Å². The topological polar surface area (TPSA) is 74.8 Å². The summed E-state index contributed by atoms with van der Waals surface area (Å²) in [5, 5.41) is 2.93. The maximum atomic E-state index is 14.3. The average Bonchev–Trinajstić information content (AvgIpc) is 2.67. The Labute approximate surface area is 169 Å². The van der Waals surface area contributed by atoms with E-state index in [9.17, 15) is 18.4 Å². The van der Waals surface area contributed by atoms with Crippen LogP contribution in [-0.4, -0.2) is 15.9 Å². The lowest BCUT2D eigenvalue weighted by molar-refractivity contribution is -0.116. The molecule has 2 N–H and O–H groups in total. The van der Waals surface area contributed by atoms with Gasteiger partial charge in [-0.3, -0.25) is 9.59 Å². The zero-order chi connectivity index (χ0) is 20.5. The molecule has 5 nitrogen and oxygen atoms in total. The summed E-state index contributed by atoms with van der Waals surface area (Å²) in [5.41, 5.74) is 1.82. The normalized spacial score (nSPS) is 15.7. The maximum Gasteiger partial charge on any atom is 0.257 e. The van der Waals surface area contributed by atoms with E-state index in [0.717, 1.165) is 17.2 Å². The van der Waals surface area contributed by atoms with Gasteiger partial charge in [0.15, 0.2) is 16.8 Å². The Morgan fingerprint density at radius 3 is 2.76 bits per heavy atom. The number of thioether (sulfide) groups is 1. The van der Waals surface area contributed by atoms with E-state index < -0.39 is 29.0 Å². The summed E-state index contributed by atoms with van der Waals surface area (Å²) in [6, 6.07) is 11.7. The van der Waals surface area contributed by atoms with Gasteiger partial charge < -0.3 is 10.3 Å². The molecule has 2 aromatic carbocycles. The molecule has 1 aliphatic heterocycles. The number of hydrogen-bond acceptors (Lipinski definition) is 4. The number of fused-ring (bicyclic) bond motifs is 1. The lowest BCUT2D eigenvalue weighted by Gasteiger charge is -2.24. The number of nitrogens with zero attached hydrogens (tertiary/aromatic N) is 1. The number of rotatable bonds is 4. The number of aromatic amines is 1. The maximum absolute atomic E-state index is 14.3. The van der Waals surface area contributed by atoms with Gasteiger partial charge in [-0.05, 0) is 24.1 Å². The van der Waals surface area contributed by atoms with Gasteiger partial charge in [0.05, 0.1) is 5.56 Å². The first-order chi connectivity index (χ1) is 13.9. The quantitative estimate of drug-likeness (QED) is 0.498. The van der Waals surface area contributed by atoms with Crippen molar-refractivity contribution < 1.29 is 13.6 Å². The second kappa shape index (κ2) is 7.79. The Kier molecular flexibility index (Phi) is 5.19. The predicted molar refractivity (Wildman–Crippen MR) is 107 cm³/mol. The molecule has 1 amide bonds. The first kappa shape index (κ1) is 19.3. The molecular formula is C21H17F2N3O2S. The lowest BCUT2D eigenvalue weighted by atomic mass is 9.86. The Morgan fingerprint density at radius 2 is 1.97 bits per heavy atom. The fourth-order valence-corrected chi connectivity index (χ4v) is 4.23. The molecule has 0 fully saturated rings. The number of aryl methyl sites for hydroxylation is 1. The Hall–Kier alpha value is -3.00. The van der Waals surface area contributed by atoms with Crippen molar-refractivity contribution in [1.29, 1.82) is 0 Å². The summed E-state index contributed by atoms with van der Waals surface area (Å²) in [6.45, 7) is 1.99. The number of carbonyl (C=O) groups is 1. The van der Waals surface area contributed by atoms with Crippen LogP contribution >= 0.6 is 11.8 Å². The zero-order valence-corrected chi connectivity index (χ0v) is 16.3. The fraction of sp³-hybridized carbons (Fsp3) is 0.190. The van der Waals surface area contributed by atoms with Gasteiger partial charge >= 0.3 is 0 Å². The van der Waals surface area contributed by atoms with Crippen molar-refractivity contribution in [3.05, 3.63) is 86.7 Å². The summed E-state index contributed by atoms with van der Waals surface area (Å²) in [7, 11) is 0. The van der Waals surface area contributed by atoms with E-state index in [0.29, 0.717) is 10.9 Å². The summed E-state index contributed by atoms with van der Waals surface area (Å²) in [6.07, 6.45) is -0.159. The fourth-order valence-electron chi connectivity index (χ4n) is 3.43. The lowest BCUT2D eigenvalue weighted by Crippen LogP contribution is -2.31. The zero-order valence-electron chi connectivity index (χ0n) is 15.5. The second-order valence-electron chi connectivity index (χ2n) is 6.86. The number of nitrogens with one attached hydrogen (secondary N) is 2. The number of anilines is 1. The monoisotopic (exact) mass is 413 g/mol. The van der Waals surface area contributed by atoms with Gasteiger partial charge in [-0.1, -0.05) is 53.7 Å². The third-order valence-corrected chi connectivity index (χ3v) is 5.69. The molecule has 1 aromatic heterocycles. The van der Waals surface area contributed by atoms with Crippen molar-refractivity contribution in [2.24, 2.45) is 0 Å². The van der Waals surface area contributed by atoms with Crippen molar-refractivity contribution in [2.75, 3.05) is 5.32 Å². The minimum atomic E-state index is -1.06. The van der Waals surface area contributed by atoms with Crippen LogP contribution in [0.4, 0.5) is 14.6 Å². The molecule has 0 bridgehead atoms. The number of aromatic nitrogens is 2. The number of benzene rings is 2. The summed E-state index contributed by atoms with van der Waals surface area (Å²) in [4.78, 5) is 32.0. The van der Waals surface area contributed by atoms with E-state index in [1.54, 1.807) is 0 Å². The van der Waals surface area contributed by atoms with Crippen molar-refractivity contribution >= 4 is 23.5 Å². The van der Waals surface area contributed by atoms with Crippen LogP contribution in [0.1, 0.15) is 34.6 Å². The number of carbonyl (C=O) groups excluding carboxylic acids is 1. The highest BCUT2D eigenvalue weighted by molar-refractivity contribution is 7.98. The molecule has 2 heterocycles. The molecule has 0 saturated carbocycles. The highest BCUT2D eigenvalue weighted by Gasteiger charge is 2.33. The highest BCUT2D eigenvalue weighted by Crippen LogP contribution is 2.36. The van der Waals surface area contributed by atoms with Gasteiger partial charge in [-0.2, -0.15) is 0 Å². The summed E-state index contributed by atoms with van der Waals surface area (Å²) in [5.74, 6) is -2.72. The van der Waals surface area contributed by atoms with Gasteiger partial charge in [-0.25, -0.2) is 13.8 Å². The third-order valence-electron chi connectivity index (χ3n) is 4.74. The summed E-state index contributed by atoms with van der Waals surface area (Å²) >= 11 is 1.32. The minimum absolute atomic E-state index is 0.0337. The van der Waals surface area contributed by atoms with Gasteiger partial charge in [-0.15, -0.1) is 0 Å². The molecule has 1 aliphatic rings. The molecule has 148 valence electrons. The van der Waals surface area contributed by atoms with Crippen LogP contribution < -0.4 is 10.9 Å². The molecule has 0 radical (unpaired) electrons. The predicted octanol–water partition coefficient (Wildman–Crippen LogP) is 4.12. The number of hydrogen-bond donors (Lipinski definition) is 2. The molecule has 0 unspecified atom stereocenters. The number of H-pyrrole nitrogens is 1. The SMILES string of the molecule is Cc1cccc(CSc2nc3c(c(=O)[nH]2)[C@H](c2cccc(F)c2F)CC(=O)N3)c1. The molecule has 4 rings (SSSR count). The van der Waals surface area contributed by atoms with E-state index in [2.05, 4.69) is 15.3 Å². The number of halogens is 2. The Bertz CT molecular complexity index is 1160. The van der Waals surface area contributed by atoms with E-state index in [1.807, 2.05) is 31.2 Å². The van der Waals surface area contributed by atoms with Gasteiger partial charge in [0.2, 0.25) is 5.91 Å². The van der Waals surface area contributed by atoms with Crippen molar-refractivity contribution in [2.45, 2.75) is 30.2 Å². The van der Waals surface area contributed by atoms with Gasteiger partial charge in [0, 0.05) is 18.1 Å². The Balaban J connectivity index is 1.69. The van der Waals surface area contributed by atoms with Crippen LogP contribution in [0, 0.1) is 18.6 Å². The first-order valence-corrected chi connectivity index (χ1v) is 9.97. The molecule has 29 heavy (non-hydrogen) atoms. The van der Waals surface area contributed by atoms with Crippen molar-refractivity contribution in [1.82, 2.24) is 9.97 Å². The molecule has 0 spiro atoms. The molecule has 0 aliphatic carbocycles. The van der Waals surface area contributed by atoms with E-state index >= 15 is 0 Å². The van der Waals surface area contributed by atoms with Crippen molar-refractivity contribution in [3.8, 4) is 0 Å².